The lowest BCUT2D eigenvalue weighted by molar-refractivity contribution is 0.346. The number of hydrogen-bond donors (Lipinski definition) is 1. The Morgan fingerprint density at radius 3 is 2.78 bits per heavy atom. The van der Waals surface area contributed by atoms with Gasteiger partial charge in [-0.05, 0) is 25.6 Å². The Hall–Kier alpha value is 0.110. The van der Waals surface area contributed by atoms with Crippen molar-refractivity contribution in [3.63, 3.8) is 0 Å². The van der Waals surface area contributed by atoms with E-state index in [4.69, 9.17) is 17.0 Å². The Balaban J connectivity index is 3.37. The molecule has 0 aliphatic carbocycles. The monoisotopic (exact) mass is 164 g/mol. The van der Waals surface area contributed by atoms with Crippen molar-refractivity contribution in [3.05, 3.63) is 0 Å². The van der Waals surface area contributed by atoms with Gasteiger partial charge in [0.2, 0.25) is 4.38 Å². The molecule has 0 rings (SSSR count). The fraction of sp³-hybridized carbons (Fsp3) is 0.667. The van der Waals surface area contributed by atoms with Gasteiger partial charge in [0.05, 0.1) is 6.61 Å². The normalized spacial score (nSPS) is 10.9. The van der Waals surface area contributed by atoms with Crippen LogP contribution in [0.1, 0.15) is 20.3 Å². The molecule has 0 N–H and O–H groups in total. The van der Waals surface area contributed by atoms with Crippen LogP contribution in [0.3, 0.4) is 0 Å². The lowest BCUT2D eigenvalue weighted by Crippen LogP contribution is -1.92. The highest BCUT2D eigenvalue weighted by Gasteiger charge is 1.83. The molecule has 54 valence electrons. The number of thiol groups is 1. The van der Waals surface area contributed by atoms with E-state index in [1.807, 2.05) is 6.92 Å². The molecule has 0 aliphatic rings. The van der Waals surface area contributed by atoms with E-state index in [2.05, 4.69) is 12.3 Å². The standard InChI is InChI=1S/C6H12OS2/c1-3-5-9-6(8)7-4-2/h5,9H,3-4H2,1-2H3. The molecule has 0 radical (unpaired) electrons. The van der Waals surface area contributed by atoms with E-state index in [0.29, 0.717) is 11.0 Å². The number of hydrogen-bond acceptors (Lipinski definition) is 2. The molecule has 3 heteroatoms. The topological polar surface area (TPSA) is 9.23 Å². The van der Waals surface area contributed by atoms with Crippen molar-refractivity contribution in [3.8, 4) is 0 Å². The van der Waals surface area contributed by atoms with Crippen LogP contribution in [0.5, 0.6) is 0 Å². The molecule has 0 bridgehead atoms. The summed E-state index contributed by atoms with van der Waals surface area (Å²) in [6.45, 7) is 4.71. The molecule has 0 aromatic carbocycles. The summed E-state index contributed by atoms with van der Waals surface area (Å²) < 4.78 is 5.71. The van der Waals surface area contributed by atoms with Gasteiger partial charge in [-0.15, -0.1) is 11.4 Å². The Labute approximate surface area is 65.4 Å². The molecule has 0 atom stereocenters. The van der Waals surface area contributed by atoms with Crippen molar-refractivity contribution < 1.29 is 4.74 Å². The number of ether oxygens (including phenoxy) is 1. The first kappa shape index (κ1) is 9.11. The lowest BCUT2D eigenvalue weighted by Gasteiger charge is -1.96. The van der Waals surface area contributed by atoms with Crippen molar-refractivity contribution >= 4 is 33.3 Å². The second-order valence-corrected chi connectivity index (χ2v) is 3.12. The third kappa shape index (κ3) is 5.99. The number of thiocarbonyl (C=S) groups is 1. The molecule has 0 aliphatic heterocycles. The van der Waals surface area contributed by atoms with Crippen molar-refractivity contribution in [1.82, 2.24) is 0 Å². The Kier molecular flexibility index (Phi) is 6.31. The predicted molar refractivity (Wildman–Crippen MR) is 49.6 cm³/mol. The van der Waals surface area contributed by atoms with Gasteiger partial charge in [0, 0.05) is 0 Å². The highest BCUT2D eigenvalue weighted by Crippen LogP contribution is 1.93. The van der Waals surface area contributed by atoms with Crippen molar-refractivity contribution in [2.24, 2.45) is 0 Å². The van der Waals surface area contributed by atoms with E-state index in [9.17, 15) is 0 Å². The molecule has 0 heterocycles. The predicted octanol–water partition coefficient (Wildman–Crippen LogP) is 1.99. The van der Waals surface area contributed by atoms with Gasteiger partial charge < -0.3 is 4.74 Å². The van der Waals surface area contributed by atoms with Gasteiger partial charge in [-0.3, -0.25) is 0 Å². The fourth-order valence-corrected chi connectivity index (χ4v) is 1.20. The molecule has 0 saturated heterocycles. The first-order valence-electron chi connectivity index (χ1n) is 3.00. The third-order valence-electron chi connectivity index (χ3n) is 0.647. The first-order chi connectivity index (χ1) is 4.31. The van der Waals surface area contributed by atoms with Crippen molar-refractivity contribution in [2.75, 3.05) is 6.61 Å². The quantitative estimate of drug-likeness (QED) is 0.493. The second-order valence-electron chi connectivity index (χ2n) is 1.42. The Morgan fingerprint density at radius 2 is 2.33 bits per heavy atom. The zero-order chi connectivity index (χ0) is 7.11. The van der Waals surface area contributed by atoms with Crippen LogP contribution in [0.15, 0.2) is 0 Å². The van der Waals surface area contributed by atoms with Gasteiger partial charge in [-0.1, -0.05) is 12.3 Å². The summed E-state index contributed by atoms with van der Waals surface area (Å²) >= 11 is 5.89. The van der Waals surface area contributed by atoms with Crippen molar-refractivity contribution in [2.45, 2.75) is 20.3 Å². The molecule has 0 aromatic rings. The zero-order valence-electron chi connectivity index (χ0n) is 5.76. The molecule has 9 heavy (non-hydrogen) atoms. The summed E-state index contributed by atoms with van der Waals surface area (Å²) in [5.41, 5.74) is 0. The summed E-state index contributed by atoms with van der Waals surface area (Å²) in [5, 5.41) is 2.08. The molecule has 0 spiro atoms. The minimum absolute atomic E-state index is 0.680. The van der Waals surface area contributed by atoms with Crippen LogP contribution in [0.25, 0.3) is 0 Å². The lowest BCUT2D eigenvalue weighted by atomic mass is 10.6. The van der Waals surface area contributed by atoms with Crippen LogP contribution in [0.2, 0.25) is 0 Å². The molecular weight excluding hydrogens is 152 g/mol. The average Bonchev–Trinajstić information content (AvgIpc) is 1.85. The zero-order valence-corrected chi connectivity index (χ0v) is 7.47. The van der Waals surface area contributed by atoms with E-state index in [-0.39, 0.29) is 0 Å². The third-order valence-corrected chi connectivity index (χ3v) is 1.97. The Bertz CT molecular complexity index is 110. The fourth-order valence-electron chi connectivity index (χ4n) is 0.327. The summed E-state index contributed by atoms with van der Waals surface area (Å²) in [6.07, 6.45) is 1.05. The van der Waals surface area contributed by atoms with E-state index in [0.717, 1.165) is 17.8 Å². The van der Waals surface area contributed by atoms with Crippen LogP contribution in [-0.4, -0.2) is 16.4 Å². The molecule has 0 unspecified atom stereocenters. The highest BCUT2D eigenvalue weighted by atomic mass is 32.2. The molecule has 0 saturated carbocycles. The minimum atomic E-state index is 0.680. The average molecular weight is 164 g/mol. The summed E-state index contributed by atoms with van der Waals surface area (Å²) in [6, 6.07) is 0. The number of rotatable bonds is 2. The van der Waals surface area contributed by atoms with Crippen LogP contribution in [0, 0.1) is 0 Å². The maximum atomic E-state index is 5.03. The van der Waals surface area contributed by atoms with Crippen LogP contribution >= 0.6 is 23.6 Å². The summed E-state index contributed by atoms with van der Waals surface area (Å²) in [7, 11) is 0. The van der Waals surface area contributed by atoms with Gasteiger partial charge in [0.1, 0.15) is 0 Å². The van der Waals surface area contributed by atoms with E-state index in [1.54, 1.807) is 0 Å². The molecule has 0 fully saturated rings. The maximum Gasteiger partial charge on any atom is 0.211 e. The van der Waals surface area contributed by atoms with Crippen LogP contribution in [-0.2, 0) is 4.74 Å². The molecular formula is C6H12OS2. The van der Waals surface area contributed by atoms with Gasteiger partial charge in [0.15, 0.2) is 0 Å². The van der Waals surface area contributed by atoms with Crippen LogP contribution < -0.4 is 0 Å². The summed E-state index contributed by atoms with van der Waals surface area (Å²) in [4.78, 5) is 0. The van der Waals surface area contributed by atoms with Gasteiger partial charge in [0.25, 0.3) is 0 Å². The van der Waals surface area contributed by atoms with Crippen molar-refractivity contribution in [1.29, 1.82) is 0 Å². The second kappa shape index (κ2) is 6.23. The van der Waals surface area contributed by atoms with Gasteiger partial charge in [-0.2, -0.15) is 0 Å². The summed E-state index contributed by atoms with van der Waals surface area (Å²) in [5.74, 6) is 0. The van der Waals surface area contributed by atoms with E-state index < -0.39 is 0 Å². The van der Waals surface area contributed by atoms with Gasteiger partial charge in [-0.25, -0.2) is 0 Å². The smallest absolute Gasteiger partial charge is 0.211 e. The molecule has 0 aromatic heterocycles. The van der Waals surface area contributed by atoms with E-state index in [1.165, 1.54) is 0 Å². The largest absolute Gasteiger partial charge is 0.479 e. The first-order valence-corrected chi connectivity index (χ1v) is 4.37. The minimum Gasteiger partial charge on any atom is -0.479 e. The van der Waals surface area contributed by atoms with Crippen LogP contribution in [0.4, 0.5) is 0 Å². The molecule has 0 amide bonds. The highest BCUT2D eigenvalue weighted by molar-refractivity contribution is 8.21. The SMILES string of the molecule is CCC=[SH]C(=S)OCC. The van der Waals surface area contributed by atoms with Gasteiger partial charge >= 0.3 is 0 Å². The molecule has 1 nitrogen and oxygen atoms in total. The van der Waals surface area contributed by atoms with E-state index >= 15 is 0 Å². The maximum absolute atomic E-state index is 5.03. The Morgan fingerprint density at radius 1 is 1.67 bits per heavy atom.